The minimum atomic E-state index is -9.05. The second-order valence-electron chi connectivity index (χ2n) is 7.55. The van der Waals surface area contributed by atoms with Gasteiger partial charge in [-0.3, -0.25) is 0 Å². The first-order valence-corrected chi connectivity index (χ1v) is 10.8. The third kappa shape index (κ3) is 7.13. The molecule has 4 nitrogen and oxygen atoms in total. The summed E-state index contributed by atoms with van der Waals surface area (Å²) < 4.78 is 265. The molecule has 1 aromatic rings. The van der Waals surface area contributed by atoms with Crippen LogP contribution in [0, 0.1) is 0 Å². The van der Waals surface area contributed by atoms with Crippen molar-refractivity contribution in [1.29, 1.82) is 0 Å². The second kappa shape index (κ2) is 12.6. The van der Waals surface area contributed by atoms with Crippen LogP contribution in [0.15, 0.2) is 24.3 Å². The summed E-state index contributed by atoms with van der Waals surface area (Å²) in [5, 5.41) is 0. The van der Waals surface area contributed by atoms with E-state index in [0.29, 0.717) is 0 Å². The van der Waals surface area contributed by atoms with Gasteiger partial charge in [-0.15, -0.1) is 0 Å². The Morgan fingerprint density at radius 2 is 0.810 bits per heavy atom. The van der Waals surface area contributed by atoms with Crippen LogP contribution < -0.4 is 73.6 Å². The van der Waals surface area contributed by atoms with Gasteiger partial charge in [-0.1, -0.05) is 19.7 Å². The molecule has 0 saturated heterocycles. The van der Waals surface area contributed by atoms with Crippen LogP contribution in [-0.2, 0) is 10.7 Å². The molecule has 1 rings (SSSR count). The number of halogens is 19. The third-order valence-electron chi connectivity index (χ3n) is 4.63. The molecule has 0 aromatic heterocycles. The summed E-state index contributed by atoms with van der Waals surface area (Å²) in [4.78, 5) is 21.2. The summed E-state index contributed by atoms with van der Waals surface area (Å²) in [6, 6.07) is 0.508. The maximum Gasteiger partial charge on any atom is 1.00 e. The zero-order chi connectivity index (χ0) is 32.4. The predicted molar refractivity (Wildman–Crippen MR) is 84.0 cm³/mol. The molecule has 0 saturated carbocycles. The van der Waals surface area contributed by atoms with Crippen LogP contribution in [0.1, 0.15) is 5.56 Å². The van der Waals surface area contributed by atoms with Crippen LogP contribution in [0.4, 0.5) is 83.4 Å². The molecular formula is C16H6F19Na2O4P. The van der Waals surface area contributed by atoms with Crippen LogP contribution in [0.2, 0.25) is 0 Å². The van der Waals surface area contributed by atoms with Crippen molar-refractivity contribution in [3.63, 3.8) is 0 Å². The van der Waals surface area contributed by atoms with Gasteiger partial charge in [-0.05, 0) is 17.7 Å². The van der Waals surface area contributed by atoms with Gasteiger partial charge in [0.15, 0.2) is 0 Å². The van der Waals surface area contributed by atoms with E-state index in [2.05, 4.69) is 4.74 Å². The maximum absolute atomic E-state index is 13.8. The van der Waals surface area contributed by atoms with Gasteiger partial charge >= 0.3 is 113 Å². The van der Waals surface area contributed by atoms with Gasteiger partial charge in [-0.25, -0.2) is 0 Å². The molecule has 0 heterocycles. The van der Waals surface area contributed by atoms with E-state index in [1.807, 2.05) is 0 Å². The minimum Gasteiger partial charge on any atom is -0.810 e. The third-order valence-corrected chi connectivity index (χ3v) is 5.39. The molecule has 0 aliphatic rings. The Morgan fingerprint density at radius 3 is 1.10 bits per heavy atom. The summed E-state index contributed by atoms with van der Waals surface area (Å²) >= 11 is 0. The van der Waals surface area contributed by atoms with E-state index < -0.39 is 78.8 Å². The van der Waals surface area contributed by atoms with E-state index in [4.69, 9.17) is 0 Å². The first-order chi connectivity index (χ1) is 17.2. The number of benzene rings is 1. The largest absolute Gasteiger partial charge is 1.00 e. The van der Waals surface area contributed by atoms with E-state index in [0.717, 1.165) is 0 Å². The molecule has 26 heteroatoms. The number of alkyl halides is 19. The fraction of sp³-hybridized carbons (Fsp3) is 0.625. The first kappa shape index (κ1) is 44.0. The molecule has 0 aliphatic heterocycles. The van der Waals surface area contributed by atoms with Gasteiger partial charge in [0.25, 0.3) is 0 Å². The zero-order valence-electron chi connectivity index (χ0n) is 19.8. The molecule has 42 heavy (non-hydrogen) atoms. The van der Waals surface area contributed by atoms with Crippen molar-refractivity contribution in [2.24, 2.45) is 0 Å². The summed E-state index contributed by atoms with van der Waals surface area (Å²) in [6.07, 6.45) is -16.6. The molecule has 0 spiro atoms. The number of rotatable bonds is 11. The summed E-state index contributed by atoms with van der Waals surface area (Å²) in [5.41, 5.74) is -0.619. The molecule has 0 unspecified atom stereocenters. The Bertz CT molecular complexity index is 1120. The summed E-state index contributed by atoms with van der Waals surface area (Å²) in [5.74, 6) is -62.9. The van der Waals surface area contributed by atoms with Gasteiger partial charge in [0, 0.05) is 6.16 Å². The van der Waals surface area contributed by atoms with Crippen LogP contribution in [0.3, 0.4) is 0 Å². The Labute approximate surface area is 263 Å². The summed E-state index contributed by atoms with van der Waals surface area (Å²) in [7, 11) is -5.36. The maximum atomic E-state index is 13.8. The molecule has 234 valence electrons. The Kier molecular flexibility index (Phi) is 13.1. The monoisotopic (exact) mass is 700 g/mol. The quantitative estimate of drug-likeness (QED) is 0.187. The van der Waals surface area contributed by atoms with Crippen molar-refractivity contribution in [2.45, 2.75) is 59.9 Å². The molecule has 1 aromatic carbocycles. The second-order valence-corrected chi connectivity index (χ2v) is 9.09. The van der Waals surface area contributed by atoms with Crippen LogP contribution in [0.5, 0.6) is 5.75 Å². The molecular weight excluding hydrogens is 694 g/mol. The van der Waals surface area contributed by atoms with E-state index in [9.17, 15) is 97.8 Å². The molecule has 0 amide bonds. The number of hydrogen-bond acceptors (Lipinski definition) is 4. The Morgan fingerprint density at radius 1 is 0.524 bits per heavy atom. The zero-order valence-corrected chi connectivity index (χ0v) is 24.7. The Hall–Kier alpha value is -0.160. The van der Waals surface area contributed by atoms with E-state index in [-0.39, 0.29) is 83.4 Å². The van der Waals surface area contributed by atoms with Gasteiger partial charge in [-0.2, -0.15) is 83.4 Å². The van der Waals surface area contributed by atoms with E-state index in [1.165, 1.54) is 0 Å². The molecule has 0 fully saturated rings. The SMILES string of the molecule is O=P([O-])([O-])Cc1ccc(OC(F)(F)C(F)(F)C(F)(F)C(F)(F)C(F)(F)C(F)(F)C(F)(F)C(F)(F)C(F)(F)F)cc1.[Na+].[Na+]. The number of ether oxygens (including phenoxy) is 1. The molecule has 0 aliphatic carbocycles. The Balaban J connectivity index is 0. The standard InChI is InChI=1S/C16H8F19O4P.2Na/c17-8(18,9(19,20)11(23,24)13(27,28)15(31,32)33)10(21,22)12(25,26)14(29,30)16(34,35)39-7-3-1-6(2-4-7)5-40(36,37)38;;/h1-4H,5H2,(H2,36,37,38);;/q;2*+1/p-2. The molecule has 0 bridgehead atoms. The van der Waals surface area contributed by atoms with E-state index >= 15 is 0 Å². The van der Waals surface area contributed by atoms with Crippen LogP contribution >= 0.6 is 7.60 Å². The summed E-state index contributed by atoms with van der Waals surface area (Å²) in [6.45, 7) is 0. The van der Waals surface area contributed by atoms with Gasteiger partial charge in [0.2, 0.25) is 0 Å². The van der Waals surface area contributed by atoms with Crippen molar-refractivity contribution in [1.82, 2.24) is 0 Å². The van der Waals surface area contributed by atoms with Gasteiger partial charge < -0.3 is 19.1 Å². The first-order valence-electron chi connectivity index (χ1n) is 9.04. The predicted octanol–water partition coefficient (Wildman–Crippen LogP) is 0.0893. The average molecular weight is 700 g/mol. The molecule has 0 atom stereocenters. The van der Waals surface area contributed by atoms with E-state index in [1.54, 1.807) is 0 Å². The van der Waals surface area contributed by atoms with Crippen LogP contribution in [0.25, 0.3) is 0 Å². The average Bonchev–Trinajstić information content (AvgIpc) is 2.72. The van der Waals surface area contributed by atoms with Crippen molar-refractivity contribution in [2.75, 3.05) is 0 Å². The van der Waals surface area contributed by atoms with Crippen molar-refractivity contribution in [3.8, 4) is 5.75 Å². The smallest absolute Gasteiger partial charge is 0.810 e. The van der Waals surface area contributed by atoms with Crippen molar-refractivity contribution >= 4 is 7.60 Å². The molecule has 0 N–H and O–H groups in total. The van der Waals surface area contributed by atoms with Gasteiger partial charge in [0.05, 0.1) is 0 Å². The van der Waals surface area contributed by atoms with Crippen molar-refractivity contribution in [3.05, 3.63) is 29.8 Å². The fourth-order valence-corrected chi connectivity index (χ4v) is 3.10. The fourth-order valence-electron chi connectivity index (χ4n) is 2.45. The normalized spacial score (nSPS) is 15.1. The van der Waals surface area contributed by atoms with Crippen LogP contribution in [-0.4, -0.2) is 53.7 Å². The topological polar surface area (TPSA) is 72.4 Å². The minimum absolute atomic E-state index is 0. The molecule has 0 radical (unpaired) electrons. The van der Waals surface area contributed by atoms with Gasteiger partial charge in [0.1, 0.15) is 5.75 Å². The van der Waals surface area contributed by atoms with Crippen molar-refractivity contribution < 1.29 is 162 Å². The number of hydrogen-bond donors (Lipinski definition) is 0.